The fourth-order valence-corrected chi connectivity index (χ4v) is 2.36. The first-order chi connectivity index (χ1) is 7.86. The minimum absolute atomic E-state index is 0.679. The van der Waals surface area contributed by atoms with Gasteiger partial charge in [-0.15, -0.1) is 0 Å². The van der Waals surface area contributed by atoms with Gasteiger partial charge in [-0.3, -0.25) is 0 Å². The number of anilines is 1. The molecular weight excluding hydrogens is 200 g/mol. The Labute approximate surface area is 96.9 Å². The highest BCUT2D eigenvalue weighted by Crippen LogP contribution is 2.27. The van der Waals surface area contributed by atoms with Gasteiger partial charge in [0.05, 0.1) is 0 Å². The van der Waals surface area contributed by atoms with Gasteiger partial charge < -0.3 is 10.6 Å². The number of nitrogens with two attached hydrogens (primary N) is 1. The van der Waals surface area contributed by atoms with Crippen LogP contribution in [0.1, 0.15) is 31.0 Å². The van der Waals surface area contributed by atoms with E-state index in [0.717, 1.165) is 38.2 Å². The summed E-state index contributed by atoms with van der Waals surface area (Å²) in [4.78, 5) is 11.1. The van der Waals surface area contributed by atoms with Crippen molar-refractivity contribution >= 4 is 5.82 Å². The summed E-state index contributed by atoms with van der Waals surface area (Å²) in [5.41, 5.74) is 8.25. The SMILES string of the molecule is CCCN(CCN)c1ncnc2c1CCC2. The van der Waals surface area contributed by atoms with Crippen molar-refractivity contribution in [2.24, 2.45) is 5.73 Å². The van der Waals surface area contributed by atoms with Gasteiger partial charge in [0.1, 0.15) is 12.1 Å². The van der Waals surface area contributed by atoms with E-state index in [9.17, 15) is 0 Å². The molecule has 0 saturated carbocycles. The maximum absolute atomic E-state index is 5.66. The zero-order valence-corrected chi connectivity index (χ0v) is 9.95. The minimum Gasteiger partial charge on any atom is -0.355 e. The van der Waals surface area contributed by atoms with Crippen LogP contribution in [0, 0.1) is 0 Å². The molecule has 2 N–H and O–H groups in total. The van der Waals surface area contributed by atoms with Crippen LogP contribution in [0.3, 0.4) is 0 Å². The van der Waals surface area contributed by atoms with E-state index in [0.29, 0.717) is 6.54 Å². The molecule has 4 nitrogen and oxygen atoms in total. The summed E-state index contributed by atoms with van der Waals surface area (Å²) in [5, 5.41) is 0. The third-order valence-corrected chi connectivity index (χ3v) is 3.04. The largest absolute Gasteiger partial charge is 0.355 e. The monoisotopic (exact) mass is 220 g/mol. The standard InChI is InChI=1S/C12H20N4/c1-2-7-16(8-6-13)12-10-4-3-5-11(10)14-9-15-12/h9H,2-8,13H2,1H3. The molecule has 0 fully saturated rings. The Morgan fingerprint density at radius 1 is 1.31 bits per heavy atom. The molecule has 2 rings (SSSR count). The fraction of sp³-hybridized carbons (Fsp3) is 0.667. The summed E-state index contributed by atoms with van der Waals surface area (Å²) in [6.45, 7) is 4.78. The first-order valence-electron chi connectivity index (χ1n) is 6.14. The van der Waals surface area contributed by atoms with Crippen LogP contribution in [-0.2, 0) is 12.8 Å². The number of aromatic nitrogens is 2. The van der Waals surface area contributed by atoms with E-state index in [1.165, 1.54) is 17.7 Å². The number of hydrogen-bond acceptors (Lipinski definition) is 4. The summed E-state index contributed by atoms with van der Waals surface area (Å²) in [5.74, 6) is 1.12. The van der Waals surface area contributed by atoms with Gasteiger partial charge in [-0.2, -0.15) is 0 Å². The highest BCUT2D eigenvalue weighted by atomic mass is 15.2. The van der Waals surface area contributed by atoms with Crippen molar-refractivity contribution in [3.8, 4) is 0 Å². The number of nitrogens with zero attached hydrogens (tertiary/aromatic N) is 3. The quantitative estimate of drug-likeness (QED) is 0.808. The molecule has 0 atom stereocenters. The molecule has 1 heterocycles. The summed E-state index contributed by atoms with van der Waals surface area (Å²) in [7, 11) is 0. The Balaban J connectivity index is 2.26. The number of aryl methyl sites for hydroxylation is 1. The average Bonchev–Trinajstić information content (AvgIpc) is 2.76. The maximum atomic E-state index is 5.66. The Kier molecular flexibility index (Phi) is 3.72. The smallest absolute Gasteiger partial charge is 0.135 e. The van der Waals surface area contributed by atoms with Gasteiger partial charge in [0.15, 0.2) is 0 Å². The predicted octanol–water partition coefficient (Wildman–Crippen LogP) is 1.14. The van der Waals surface area contributed by atoms with Gasteiger partial charge in [0, 0.05) is 30.9 Å². The number of fused-ring (bicyclic) bond motifs is 1. The zero-order chi connectivity index (χ0) is 11.4. The lowest BCUT2D eigenvalue weighted by Crippen LogP contribution is -2.31. The van der Waals surface area contributed by atoms with Gasteiger partial charge in [0.25, 0.3) is 0 Å². The molecule has 1 aromatic rings. The van der Waals surface area contributed by atoms with Crippen LogP contribution in [0.25, 0.3) is 0 Å². The lowest BCUT2D eigenvalue weighted by atomic mass is 10.2. The third-order valence-electron chi connectivity index (χ3n) is 3.04. The van der Waals surface area contributed by atoms with Gasteiger partial charge in [0.2, 0.25) is 0 Å². The predicted molar refractivity (Wildman–Crippen MR) is 65.6 cm³/mol. The number of rotatable bonds is 5. The summed E-state index contributed by atoms with van der Waals surface area (Å²) >= 11 is 0. The zero-order valence-electron chi connectivity index (χ0n) is 9.95. The van der Waals surface area contributed by atoms with E-state index in [1.54, 1.807) is 6.33 Å². The van der Waals surface area contributed by atoms with E-state index in [1.807, 2.05) is 0 Å². The van der Waals surface area contributed by atoms with Crippen molar-refractivity contribution in [1.82, 2.24) is 9.97 Å². The average molecular weight is 220 g/mol. The first-order valence-corrected chi connectivity index (χ1v) is 6.14. The molecule has 4 heteroatoms. The van der Waals surface area contributed by atoms with Gasteiger partial charge in [-0.05, 0) is 25.7 Å². The summed E-state index contributed by atoms with van der Waals surface area (Å²) < 4.78 is 0. The van der Waals surface area contributed by atoms with E-state index in [-0.39, 0.29) is 0 Å². The van der Waals surface area contributed by atoms with Crippen molar-refractivity contribution in [2.75, 3.05) is 24.5 Å². The van der Waals surface area contributed by atoms with Crippen molar-refractivity contribution in [1.29, 1.82) is 0 Å². The van der Waals surface area contributed by atoms with Gasteiger partial charge in [-0.25, -0.2) is 9.97 Å². The highest BCUT2D eigenvalue weighted by molar-refractivity contribution is 5.50. The van der Waals surface area contributed by atoms with E-state index >= 15 is 0 Å². The van der Waals surface area contributed by atoms with Crippen LogP contribution in [0.4, 0.5) is 5.82 Å². The summed E-state index contributed by atoms with van der Waals surface area (Å²) in [6, 6.07) is 0. The Morgan fingerprint density at radius 2 is 2.19 bits per heavy atom. The second-order valence-electron chi connectivity index (χ2n) is 4.25. The summed E-state index contributed by atoms with van der Waals surface area (Å²) in [6.07, 6.45) is 6.25. The Hall–Kier alpha value is -1.16. The van der Waals surface area contributed by atoms with E-state index in [4.69, 9.17) is 5.73 Å². The molecule has 0 unspecified atom stereocenters. The van der Waals surface area contributed by atoms with Crippen LogP contribution < -0.4 is 10.6 Å². The molecule has 88 valence electrons. The normalized spacial score (nSPS) is 13.9. The van der Waals surface area contributed by atoms with Gasteiger partial charge in [-0.1, -0.05) is 6.92 Å². The molecule has 0 saturated heterocycles. The molecule has 16 heavy (non-hydrogen) atoms. The van der Waals surface area contributed by atoms with Crippen molar-refractivity contribution in [3.05, 3.63) is 17.6 Å². The minimum atomic E-state index is 0.679. The Bertz CT molecular complexity index is 345. The van der Waals surface area contributed by atoms with Crippen molar-refractivity contribution in [2.45, 2.75) is 32.6 Å². The van der Waals surface area contributed by atoms with Crippen LogP contribution in [0.2, 0.25) is 0 Å². The van der Waals surface area contributed by atoms with Gasteiger partial charge >= 0.3 is 0 Å². The maximum Gasteiger partial charge on any atom is 0.135 e. The second kappa shape index (κ2) is 5.25. The molecule has 1 aromatic heterocycles. The molecule has 0 aromatic carbocycles. The second-order valence-corrected chi connectivity index (χ2v) is 4.25. The molecule has 0 aliphatic heterocycles. The van der Waals surface area contributed by atoms with Crippen LogP contribution in [-0.4, -0.2) is 29.6 Å². The van der Waals surface area contributed by atoms with Crippen LogP contribution in [0.15, 0.2) is 6.33 Å². The molecule has 1 aliphatic carbocycles. The third kappa shape index (κ3) is 2.16. The molecule has 0 amide bonds. The molecule has 1 aliphatic rings. The van der Waals surface area contributed by atoms with Crippen molar-refractivity contribution < 1.29 is 0 Å². The van der Waals surface area contributed by atoms with Crippen LogP contribution in [0.5, 0.6) is 0 Å². The molecule has 0 radical (unpaired) electrons. The lowest BCUT2D eigenvalue weighted by Gasteiger charge is -2.24. The Morgan fingerprint density at radius 3 is 2.94 bits per heavy atom. The van der Waals surface area contributed by atoms with E-state index in [2.05, 4.69) is 21.8 Å². The lowest BCUT2D eigenvalue weighted by molar-refractivity contribution is 0.743. The van der Waals surface area contributed by atoms with E-state index < -0.39 is 0 Å². The highest BCUT2D eigenvalue weighted by Gasteiger charge is 2.20. The molecular formula is C12H20N4. The molecule has 0 bridgehead atoms. The van der Waals surface area contributed by atoms with Crippen molar-refractivity contribution in [3.63, 3.8) is 0 Å². The number of hydrogen-bond donors (Lipinski definition) is 1. The fourth-order valence-electron chi connectivity index (χ4n) is 2.36. The van der Waals surface area contributed by atoms with Crippen LogP contribution >= 0.6 is 0 Å². The molecule has 0 spiro atoms. The topological polar surface area (TPSA) is 55.0 Å². The first kappa shape index (κ1) is 11.3.